The van der Waals surface area contributed by atoms with Gasteiger partial charge < -0.3 is 14.2 Å². The molecule has 6 rings (SSSR count). The van der Waals surface area contributed by atoms with Gasteiger partial charge in [-0.2, -0.15) is 0 Å². The molecule has 2 unspecified atom stereocenters. The molecule has 4 saturated carbocycles. The molecule has 2 atom stereocenters. The van der Waals surface area contributed by atoms with Gasteiger partial charge in [-0.1, -0.05) is 87.4 Å². The van der Waals surface area contributed by atoms with Crippen LogP contribution in [-0.2, 0) is 14.2 Å². The fourth-order valence-corrected chi connectivity index (χ4v) is 11.4. The highest BCUT2D eigenvalue weighted by atomic mass is 16.5. The highest BCUT2D eigenvalue weighted by Crippen LogP contribution is 2.42. The molecule has 0 heterocycles. The van der Waals surface area contributed by atoms with Crippen molar-refractivity contribution in [1.29, 1.82) is 0 Å². The van der Waals surface area contributed by atoms with Crippen LogP contribution < -0.4 is 0 Å². The molecule has 0 spiro atoms. The SMILES string of the molecule is CCC(CCCOC1CCC(COCC2CCC(OCCCC(CC)C3CCC(c4ccccc4)CC3)CC2)CC1)C1CCC(c2ccccc2)CC1. The molecular weight excluding hydrogens is 649 g/mol. The van der Waals surface area contributed by atoms with E-state index in [0.717, 1.165) is 73.8 Å². The minimum Gasteiger partial charge on any atom is -0.381 e. The maximum atomic E-state index is 6.44. The molecule has 53 heavy (non-hydrogen) atoms. The van der Waals surface area contributed by atoms with Crippen LogP contribution in [0.3, 0.4) is 0 Å². The van der Waals surface area contributed by atoms with Crippen molar-refractivity contribution >= 4 is 0 Å². The van der Waals surface area contributed by atoms with Gasteiger partial charge in [0.05, 0.1) is 12.2 Å². The first-order valence-corrected chi connectivity index (χ1v) is 23.1. The van der Waals surface area contributed by atoms with E-state index in [0.29, 0.717) is 12.2 Å². The number of hydrogen-bond donors (Lipinski definition) is 0. The summed E-state index contributed by atoms with van der Waals surface area (Å²) in [6.07, 6.45) is 30.0. The van der Waals surface area contributed by atoms with E-state index in [1.807, 2.05) is 0 Å². The first-order valence-electron chi connectivity index (χ1n) is 23.1. The van der Waals surface area contributed by atoms with Crippen molar-refractivity contribution in [3.63, 3.8) is 0 Å². The molecule has 0 radical (unpaired) electrons. The van der Waals surface area contributed by atoms with Gasteiger partial charge in [0.15, 0.2) is 0 Å². The van der Waals surface area contributed by atoms with Gasteiger partial charge in [-0.05, 0) is 187 Å². The third kappa shape index (κ3) is 13.2. The fourth-order valence-electron chi connectivity index (χ4n) is 11.4. The molecule has 3 heteroatoms. The molecule has 0 aromatic heterocycles. The normalized spacial score (nSPS) is 30.8. The first kappa shape index (κ1) is 41.0. The van der Waals surface area contributed by atoms with Crippen molar-refractivity contribution < 1.29 is 14.2 Å². The number of ether oxygens (including phenoxy) is 3. The van der Waals surface area contributed by atoms with Crippen LogP contribution in [0.25, 0.3) is 0 Å². The van der Waals surface area contributed by atoms with Crippen LogP contribution in [0.5, 0.6) is 0 Å². The zero-order valence-electron chi connectivity index (χ0n) is 34.2. The Morgan fingerprint density at radius 3 is 1.21 bits per heavy atom. The Kier molecular flexibility index (Phi) is 17.6. The Morgan fingerprint density at radius 1 is 0.472 bits per heavy atom. The summed E-state index contributed by atoms with van der Waals surface area (Å²) in [7, 11) is 0. The molecule has 0 N–H and O–H groups in total. The average molecular weight is 727 g/mol. The zero-order valence-corrected chi connectivity index (χ0v) is 34.2. The van der Waals surface area contributed by atoms with Crippen molar-refractivity contribution in [2.45, 2.75) is 179 Å². The lowest BCUT2D eigenvalue weighted by atomic mass is 9.72. The summed E-state index contributed by atoms with van der Waals surface area (Å²) < 4.78 is 19.2. The van der Waals surface area contributed by atoms with E-state index >= 15 is 0 Å². The van der Waals surface area contributed by atoms with Gasteiger partial charge in [0.25, 0.3) is 0 Å². The molecule has 0 saturated heterocycles. The van der Waals surface area contributed by atoms with E-state index < -0.39 is 0 Å². The Morgan fingerprint density at radius 2 is 0.849 bits per heavy atom. The molecule has 4 aliphatic rings. The summed E-state index contributed by atoms with van der Waals surface area (Å²) >= 11 is 0. The molecular formula is C50H78O3. The highest BCUT2D eigenvalue weighted by molar-refractivity contribution is 5.21. The maximum absolute atomic E-state index is 6.44. The Labute approximate surface area is 326 Å². The monoisotopic (exact) mass is 727 g/mol. The Balaban J connectivity index is 0.743. The molecule has 2 aromatic rings. The lowest BCUT2D eigenvalue weighted by Crippen LogP contribution is -2.27. The van der Waals surface area contributed by atoms with Crippen LogP contribution in [-0.4, -0.2) is 38.6 Å². The predicted octanol–water partition coefficient (Wildman–Crippen LogP) is 13.7. The second kappa shape index (κ2) is 22.8. The number of rotatable bonds is 20. The van der Waals surface area contributed by atoms with Gasteiger partial charge in [0.1, 0.15) is 0 Å². The van der Waals surface area contributed by atoms with Crippen LogP contribution >= 0.6 is 0 Å². The average Bonchev–Trinajstić information content (AvgIpc) is 3.23. The van der Waals surface area contributed by atoms with Crippen molar-refractivity contribution in [2.75, 3.05) is 26.4 Å². The topological polar surface area (TPSA) is 27.7 Å². The molecule has 296 valence electrons. The molecule has 2 aromatic carbocycles. The molecule has 0 amide bonds. The summed E-state index contributed by atoms with van der Waals surface area (Å²) in [6, 6.07) is 22.5. The van der Waals surface area contributed by atoms with E-state index in [1.54, 1.807) is 11.1 Å². The molecule has 4 fully saturated rings. The van der Waals surface area contributed by atoms with Crippen LogP contribution in [0.4, 0.5) is 0 Å². The zero-order chi connectivity index (χ0) is 36.5. The largest absolute Gasteiger partial charge is 0.381 e. The summed E-state index contributed by atoms with van der Waals surface area (Å²) in [5, 5.41) is 0. The van der Waals surface area contributed by atoms with E-state index in [2.05, 4.69) is 74.5 Å². The summed E-state index contributed by atoms with van der Waals surface area (Å²) in [6.45, 7) is 8.67. The van der Waals surface area contributed by atoms with Gasteiger partial charge in [0.2, 0.25) is 0 Å². The number of hydrogen-bond acceptors (Lipinski definition) is 3. The molecule has 4 aliphatic carbocycles. The quantitative estimate of drug-likeness (QED) is 0.127. The van der Waals surface area contributed by atoms with Crippen LogP contribution in [0.15, 0.2) is 60.7 Å². The van der Waals surface area contributed by atoms with Gasteiger partial charge in [-0.25, -0.2) is 0 Å². The Hall–Kier alpha value is -1.68. The third-order valence-electron chi connectivity index (χ3n) is 14.9. The molecule has 0 bridgehead atoms. The standard InChI is InChI=1S/C50H78O3/c1-3-41(45-23-27-47(28-24-45)43-13-7-5-8-14-43)17-11-35-52-49-31-19-39(20-32-49)37-51-38-40-21-33-50(34-22-40)53-36-12-18-42(4-2)46-25-29-48(30-26-46)44-15-9-6-10-16-44/h5-10,13-16,39-42,45-50H,3-4,11-12,17-38H2,1-2H3. The highest BCUT2D eigenvalue weighted by Gasteiger charge is 2.29. The molecule has 0 aliphatic heterocycles. The lowest BCUT2D eigenvalue weighted by molar-refractivity contribution is -0.0178. The molecule has 3 nitrogen and oxygen atoms in total. The predicted molar refractivity (Wildman–Crippen MR) is 223 cm³/mol. The van der Waals surface area contributed by atoms with Gasteiger partial charge in [-0.3, -0.25) is 0 Å². The van der Waals surface area contributed by atoms with Crippen LogP contribution in [0, 0.1) is 35.5 Å². The second-order valence-corrected chi connectivity index (χ2v) is 18.2. The first-order chi connectivity index (χ1) is 26.2. The summed E-state index contributed by atoms with van der Waals surface area (Å²) in [5.74, 6) is 6.65. The smallest absolute Gasteiger partial charge is 0.0575 e. The van der Waals surface area contributed by atoms with Gasteiger partial charge >= 0.3 is 0 Å². The summed E-state index contributed by atoms with van der Waals surface area (Å²) in [4.78, 5) is 0. The van der Waals surface area contributed by atoms with Gasteiger partial charge in [-0.15, -0.1) is 0 Å². The van der Waals surface area contributed by atoms with Crippen molar-refractivity contribution in [3.05, 3.63) is 71.8 Å². The number of benzene rings is 2. The van der Waals surface area contributed by atoms with E-state index in [-0.39, 0.29) is 0 Å². The minimum atomic E-state index is 0.482. The van der Waals surface area contributed by atoms with Crippen molar-refractivity contribution in [3.8, 4) is 0 Å². The van der Waals surface area contributed by atoms with Crippen molar-refractivity contribution in [2.24, 2.45) is 35.5 Å². The summed E-state index contributed by atoms with van der Waals surface area (Å²) in [5.41, 5.74) is 3.12. The van der Waals surface area contributed by atoms with Crippen molar-refractivity contribution in [1.82, 2.24) is 0 Å². The Bertz CT molecular complexity index is 1100. The van der Waals surface area contributed by atoms with Crippen LogP contribution in [0.1, 0.15) is 178 Å². The maximum Gasteiger partial charge on any atom is 0.0575 e. The minimum absolute atomic E-state index is 0.482. The van der Waals surface area contributed by atoms with E-state index in [9.17, 15) is 0 Å². The van der Waals surface area contributed by atoms with Gasteiger partial charge in [0, 0.05) is 26.4 Å². The van der Waals surface area contributed by atoms with E-state index in [4.69, 9.17) is 14.2 Å². The lowest BCUT2D eigenvalue weighted by Gasteiger charge is -2.34. The fraction of sp³-hybridized carbons (Fsp3) is 0.760. The van der Waals surface area contributed by atoms with Crippen LogP contribution in [0.2, 0.25) is 0 Å². The second-order valence-electron chi connectivity index (χ2n) is 18.2. The third-order valence-corrected chi connectivity index (χ3v) is 14.9. The van der Waals surface area contributed by atoms with E-state index in [1.165, 1.54) is 141 Å².